The Labute approximate surface area is 118 Å². The van der Waals surface area contributed by atoms with E-state index in [1.807, 2.05) is 6.07 Å². The van der Waals surface area contributed by atoms with Gasteiger partial charge in [0.15, 0.2) is 0 Å². The summed E-state index contributed by atoms with van der Waals surface area (Å²) in [7, 11) is 0. The summed E-state index contributed by atoms with van der Waals surface area (Å²) in [6.45, 7) is 4.46. The molecule has 1 aromatic carbocycles. The highest BCUT2D eigenvalue weighted by Crippen LogP contribution is 2.26. The van der Waals surface area contributed by atoms with Crippen molar-refractivity contribution in [3.63, 3.8) is 0 Å². The molecule has 3 N–H and O–H groups in total. The van der Waals surface area contributed by atoms with Crippen molar-refractivity contribution in [2.45, 2.75) is 70.8 Å². The molecule has 0 spiro atoms. The van der Waals surface area contributed by atoms with Gasteiger partial charge in [0, 0.05) is 0 Å². The summed E-state index contributed by atoms with van der Waals surface area (Å²) < 4.78 is 0. The van der Waals surface area contributed by atoms with Gasteiger partial charge in [-0.15, -0.1) is 0 Å². The van der Waals surface area contributed by atoms with Gasteiger partial charge in [-0.05, 0) is 18.9 Å². The maximum absolute atomic E-state index is 5.77. The van der Waals surface area contributed by atoms with Crippen molar-refractivity contribution in [1.29, 1.82) is 0 Å². The molecule has 0 aliphatic heterocycles. The monoisotopic (exact) mass is 262 g/mol. The average Bonchev–Trinajstić information content (AvgIpc) is 2.47. The molecule has 19 heavy (non-hydrogen) atoms. The number of unbranched alkanes of at least 4 members (excludes halogenated alkanes) is 6. The van der Waals surface area contributed by atoms with Crippen LogP contribution in [0.25, 0.3) is 0 Å². The number of nitrogens with one attached hydrogen (secondary N) is 1. The zero-order chi connectivity index (χ0) is 14.0. The summed E-state index contributed by atoms with van der Waals surface area (Å²) in [5.41, 5.74) is 4.19. The number of rotatable bonds is 10. The summed E-state index contributed by atoms with van der Waals surface area (Å²) in [6, 6.07) is 10.5. The highest BCUT2D eigenvalue weighted by atomic mass is 15.3. The number of benzene rings is 1. The van der Waals surface area contributed by atoms with Gasteiger partial charge < -0.3 is 0 Å². The van der Waals surface area contributed by atoms with Crippen LogP contribution in [0.1, 0.15) is 70.8 Å². The van der Waals surface area contributed by atoms with Gasteiger partial charge in [0.05, 0.1) is 5.54 Å². The van der Waals surface area contributed by atoms with E-state index in [9.17, 15) is 0 Å². The largest absolute Gasteiger partial charge is 0.271 e. The minimum absolute atomic E-state index is 0.0926. The third-order valence-corrected chi connectivity index (χ3v) is 4.01. The molecular weight excluding hydrogens is 232 g/mol. The van der Waals surface area contributed by atoms with Crippen LogP contribution in [0, 0.1) is 0 Å². The SMILES string of the molecule is CCCCCCCCCC(C)(NN)c1ccccc1. The molecule has 0 bridgehead atoms. The zero-order valence-electron chi connectivity index (χ0n) is 12.6. The van der Waals surface area contributed by atoms with Gasteiger partial charge in [-0.2, -0.15) is 0 Å². The molecule has 2 nitrogen and oxygen atoms in total. The quantitative estimate of drug-likeness (QED) is 0.370. The molecular formula is C17H30N2. The van der Waals surface area contributed by atoms with Crippen LogP contribution in [0.5, 0.6) is 0 Å². The Balaban J connectivity index is 2.29. The predicted octanol–water partition coefficient (Wildman–Crippen LogP) is 4.51. The molecule has 0 saturated heterocycles. The van der Waals surface area contributed by atoms with Gasteiger partial charge >= 0.3 is 0 Å². The van der Waals surface area contributed by atoms with Gasteiger partial charge in [-0.1, -0.05) is 82.2 Å². The second-order valence-electron chi connectivity index (χ2n) is 5.71. The van der Waals surface area contributed by atoms with Crippen molar-refractivity contribution in [2.24, 2.45) is 5.84 Å². The maximum Gasteiger partial charge on any atom is 0.0541 e. The second-order valence-corrected chi connectivity index (χ2v) is 5.71. The first-order valence-corrected chi connectivity index (χ1v) is 7.76. The van der Waals surface area contributed by atoms with Crippen molar-refractivity contribution in [3.05, 3.63) is 35.9 Å². The van der Waals surface area contributed by atoms with Crippen molar-refractivity contribution in [3.8, 4) is 0 Å². The minimum Gasteiger partial charge on any atom is -0.271 e. The van der Waals surface area contributed by atoms with E-state index in [1.165, 1.54) is 50.5 Å². The van der Waals surface area contributed by atoms with E-state index in [4.69, 9.17) is 5.84 Å². The molecule has 0 radical (unpaired) electrons. The van der Waals surface area contributed by atoms with Gasteiger partial charge in [0.25, 0.3) is 0 Å². The highest BCUT2D eigenvalue weighted by Gasteiger charge is 2.23. The lowest BCUT2D eigenvalue weighted by molar-refractivity contribution is 0.331. The van der Waals surface area contributed by atoms with Gasteiger partial charge in [-0.3, -0.25) is 11.3 Å². The van der Waals surface area contributed by atoms with E-state index >= 15 is 0 Å². The molecule has 2 heteroatoms. The van der Waals surface area contributed by atoms with E-state index in [2.05, 4.69) is 43.5 Å². The molecule has 0 aromatic heterocycles. The summed E-state index contributed by atoms with van der Waals surface area (Å²) >= 11 is 0. The lowest BCUT2D eigenvalue weighted by atomic mass is 9.87. The number of nitrogens with two attached hydrogens (primary N) is 1. The first-order valence-electron chi connectivity index (χ1n) is 7.76. The number of hydrogen-bond donors (Lipinski definition) is 2. The Kier molecular flexibility index (Phi) is 7.76. The van der Waals surface area contributed by atoms with Crippen LogP contribution in [-0.4, -0.2) is 0 Å². The predicted molar refractivity (Wildman–Crippen MR) is 83.7 cm³/mol. The van der Waals surface area contributed by atoms with Crippen molar-refractivity contribution in [1.82, 2.24) is 5.43 Å². The fourth-order valence-corrected chi connectivity index (χ4v) is 2.54. The van der Waals surface area contributed by atoms with E-state index < -0.39 is 0 Å². The Morgan fingerprint density at radius 1 is 0.947 bits per heavy atom. The second kappa shape index (κ2) is 9.11. The lowest BCUT2D eigenvalue weighted by Crippen LogP contribution is -2.44. The summed E-state index contributed by atoms with van der Waals surface area (Å²) in [6.07, 6.45) is 10.5. The molecule has 0 aliphatic rings. The van der Waals surface area contributed by atoms with Crippen molar-refractivity contribution < 1.29 is 0 Å². The van der Waals surface area contributed by atoms with E-state index in [1.54, 1.807) is 0 Å². The molecule has 0 heterocycles. The zero-order valence-corrected chi connectivity index (χ0v) is 12.6. The van der Waals surface area contributed by atoms with Crippen molar-refractivity contribution >= 4 is 0 Å². The van der Waals surface area contributed by atoms with Crippen LogP contribution < -0.4 is 11.3 Å². The summed E-state index contributed by atoms with van der Waals surface area (Å²) in [5.74, 6) is 5.77. The van der Waals surface area contributed by atoms with E-state index in [-0.39, 0.29) is 5.54 Å². The molecule has 0 aliphatic carbocycles. The molecule has 0 saturated carbocycles. The van der Waals surface area contributed by atoms with Gasteiger partial charge in [-0.25, -0.2) is 0 Å². The van der Waals surface area contributed by atoms with Gasteiger partial charge in [0.2, 0.25) is 0 Å². The molecule has 1 rings (SSSR count). The standard InChI is InChI=1S/C17H30N2/c1-3-4-5-6-7-8-12-15-17(2,19-18)16-13-10-9-11-14-16/h9-11,13-14,19H,3-8,12,15,18H2,1-2H3. The Morgan fingerprint density at radius 2 is 1.53 bits per heavy atom. The molecule has 0 fully saturated rings. The van der Waals surface area contributed by atoms with Gasteiger partial charge in [0.1, 0.15) is 0 Å². The molecule has 0 amide bonds. The Hall–Kier alpha value is -0.860. The minimum atomic E-state index is -0.0926. The third-order valence-electron chi connectivity index (χ3n) is 4.01. The van der Waals surface area contributed by atoms with E-state index in [0.717, 1.165) is 6.42 Å². The van der Waals surface area contributed by atoms with Crippen molar-refractivity contribution in [2.75, 3.05) is 0 Å². The van der Waals surface area contributed by atoms with Crippen LogP contribution in [0.3, 0.4) is 0 Å². The fourth-order valence-electron chi connectivity index (χ4n) is 2.54. The smallest absolute Gasteiger partial charge is 0.0541 e. The van der Waals surface area contributed by atoms with E-state index in [0.29, 0.717) is 0 Å². The highest BCUT2D eigenvalue weighted by molar-refractivity contribution is 5.23. The van der Waals surface area contributed by atoms with Crippen LogP contribution in [0.2, 0.25) is 0 Å². The molecule has 1 aromatic rings. The maximum atomic E-state index is 5.77. The Morgan fingerprint density at radius 3 is 2.11 bits per heavy atom. The number of hydrogen-bond acceptors (Lipinski definition) is 2. The molecule has 1 atom stereocenters. The average molecular weight is 262 g/mol. The van der Waals surface area contributed by atoms with Crippen LogP contribution in [0.4, 0.5) is 0 Å². The van der Waals surface area contributed by atoms with Crippen LogP contribution >= 0.6 is 0 Å². The Bertz CT molecular complexity index is 323. The number of hydrazine groups is 1. The summed E-state index contributed by atoms with van der Waals surface area (Å²) in [5, 5.41) is 0. The fraction of sp³-hybridized carbons (Fsp3) is 0.647. The third kappa shape index (κ3) is 5.75. The van der Waals surface area contributed by atoms with Crippen LogP contribution in [0.15, 0.2) is 30.3 Å². The first kappa shape index (κ1) is 16.2. The summed E-state index contributed by atoms with van der Waals surface area (Å²) in [4.78, 5) is 0. The molecule has 108 valence electrons. The molecule has 1 unspecified atom stereocenters. The first-order chi connectivity index (χ1) is 9.23. The lowest BCUT2D eigenvalue weighted by Gasteiger charge is -2.29. The van der Waals surface area contributed by atoms with Crippen LogP contribution in [-0.2, 0) is 5.54 Å². The topological polar surface area (TPSA) is 38.0 Å². The normalized spacial score (nSPS) is 14.3.